The quantitative estimate of drug-likeness (QED) is 0.782. The van der Waals surface area contributed by atoms with Gasteiger partial charge in [-0.2, -0.15) is 0 Å². The molecule has 1 aromatic heterocycles. The highest BCUT2D eigenvalue weighted by atomic mass is 32.2. The second-order valence-electron chi connectivity index (χ2n) is 7.49. The highest BCUT2D eigenvalue weighted by molar-refractivity contribution is 7.93. The van der Waals surface area contributed by atoms with E-state index in [1.165, 1.54) is 0 Å². The lowest BCUT2D eigenvalue weighted by Crippen LogP contribution is -2.70. The van der Waals surface area contributed by atoms with Gasteiger partial charge in [0.2, 0.25) is 0 Å². The maximum atomic E-state index is 12.7. The van der Waals surface area contributed by atoms with Crippen molar-refractivity contribution in [3.63, 3.8) is 0 Å². The molecular weight excluding hydrogens is 340 g/mol. The molecular formula is C18H26N2O4S. The molecule has 6 nitrogen and oxygen atoms in total. The largest absolute Gasteiger partial charge is 0.381 e. The molecule has 0 radical (unpaired) electrons. The van der Waals surface area contributed by atoms with Gasteiger partial charge in [-0.05, 0) is 30.9 Å². The SMILES string of the molecule is O=S1(=O)CC[C@H](COCc2cccnc2)C12CN(C1CCOCC1)C2. The zero-order chi connectivity index (χ0) is 17.3. The Hall–Kier alpha value is -1.02. The van der Waals surface area contributed by atoms with Crippen LogP contribution in [-0.4, -0.2) is 67.8 Å². The van der Waals surface area contributed by atoms with E-state index in [9.17, 15) is 8.42 Å². The number of hydrogen-bond acceptors (Lipinski definition) is 6. The lowest BCUT2D eigenvalue weighted by atomic mass is 9.82. The predicted octanol–water partition coefficient (Wildman–Crippen LogP) is 1.27. The summed E-state index contributed by atoms with van der Waals surface area (Å²) in [7, 11) is -3.03. The Kier molecular flexibility index (Phi) is 4.83. The van der Waals surface area contributed by atoms with E-state index in [1.807, 2.05) is 12.1 Å². The van der Waals surface area contributed by atoms with Crippen molar-refractivity contribution in [1.82, 2.24) is 9.88 Å². The van der Waals surface area contributed by atoms with Gasteiger partial charge in [-0.15, -0.1) is 0 Å². The monoisotopic (exact) mass is 366 g/mol. The minimum absolute atomic E-state index is 0.102. The van der Waals surface area contributed by atoms with Crippen LogP contribution in [0.3, 0.4) is 0 Å². The zero-order valence-electron chi connectivity index (χ0n) is 14.5. The number of nitrogens with zero attached hydrogens (tertiary/aromatic N) is 2. The molecule has 0 amide bonds. The van der Waals surface area contributed by atoms with Crippen LogP contribution in [0.15, 0.2) is 24.5 Å². The Bertz CT molecular complexity index is 682. The molecule has 0 bridgehead atoms. The molecule has 25 heavy (non-hydrogen) atoms. The van der Waals surface area contributed by atoms with Crippen LogP contribution in [0.5, 0.6) is 0 Å². The van der Waals surface area contributed by atoms with E-state index in [-0.39, 0.29) is 5.92 Å². The van der Waals surface area contributed by atoms with Crippen LogP contribution in [0.1, 0.15) is 24.8 Å². The number of ether oxygens (including phenoxy) is 2. The average Bonchev–Trinajstić information content (AvgIpc) is 2.86. The van der Waals surface area contributed by atoms with Gasteiger partial charge >= 0.3 is 0 Å². The third-order valence-corrected chi connectivity index (χ3v) is 8.66. The van der Waals surface area contributed by atoms with E-state index in [0.717, 1.165) is 38.0 Å². The van der Waals surface area contributed by atoms with Crippen molar-refractivity contribution >= 4 is 9.84 Å². The number of hydrogen-bond donors (Lipinski definition) is 0. The number of likely N-dealkylation sites (tertiary alicyclic amines) is 1. The highest BCUT2D eigenvalue weighted by Crippen LogP contribution is 2.46. The molecule has 1 spiro atoms. The molecule has 0 aromatic carbocycles. The maximum absolute atomic E-state index is 12.7. The molecule has 0 saturated carbocycles. The van der Waals surface area contributed by atoms with Crippen LogP contribution in [0.2, 0.25) is 0 Å². The number of pyridine rings is 1. The Morgan fingerprint density at radius 3 is 2.80 bits per heavy atom. The van der Waals surface area contributed by atoms with Crippen LogP contribution in [-0.2, 0) is 25.9 Å². The molecule has 3 aliphatic heterocycles. The summed E-state index contributed by atoms with van der Waals surface area (Å²) >= 11 is 0. The summed E-state index contributed by atoms with van der Waals surface area (Å²) in [5, 5.41) is 0. The normalized spacial score (nSPS) is 28.9. The van der Waals surface area contributed by atoms with Crippen LogP contribution >= 0.6 is 0 Å². The molecule has 0 aliphatic carbocycles. The summed E-state index contributed by atoms with van der Waals surface area (Å²) in [6.45, 7) is 3.92. The first-order valence-corrected chi connectivity index (χ1v) is 10.8. The smallest absolute Gasteiger partial charge is 0.158 e. The molecule has 0 N–H and O–H groups in total. The Morgan fingerprint density at radius 2 is 2.08 bits per heavy atom. The fraction of sp³-hybridized carbons (Fsp3) is 0.722. The summed E-state index contributed by atoms with van der Waals surface area (Å²) in [6, 6.07) is 4.34. The van der Waals surface area contributed by atoms with E-state index in [1.54, 1.807) is 12.4 Å². The second kappa shape index (κ2) is 6.95. The van der Waals surface area contributed by atoms with E-state index >= 15 is 0 Å². The van der Waals surface area contributed by atoms with Gasteiger partial charge < -0.3 is 9.47 Å². The predicted molar refractivity (Wildman–Crippen MR) is 93.9 cm³/mol. The fourth-order valence-corrected chi connectivity index (χ4v) is 6.88. The average molecular weight is 366 g/mol. The van der Waals surface area contributed by atoms with Crippen molar-refractivity contribution in [1.29, 1.82) is 0 Å². The number of rotatable bonds is 5. The van der Waals surface area contributed by atoms with Crippen LogP contribution < -0.4 is 0 Å². The van der Waals surface area contributed by atoms with Gasteiger partial charge in [0.15, 0.2) is 9.84 Å². The minimum atomic E-state index is -3.03. The summed E-state index contributed by atoms with van der Waals surface area (Å²) in [4.78, 5) is 6.43. The molecule has 4 heterocycles. The zero-order valence-corrected chi connectivity index (χ0v) is 15.3. The first kappa shape index (κ1) is 17.4. The van der Waals surface area contributed by atoms with Gasteiger partial charge in [0, 0.05) is 50.7 Å². The Labute approximate surface area is 149 Å². The van der Waals surface area contributed by atoms with E-state index in [4.69, 9.17) is 9.47 Å². The molecule has 3 fully saturated rings. The molecule has 1 atom stereocenters. The minimum Gasteiger partial charge on any atom is -0.381 e. The van der Waals surface area contributed by atoms with Crippen molar-refractivity contribution in [2.45, 2.75) is 36.7 Å². The van der Waals surface area contributed by atoms with Gasteiger partial charge in [0.1, 0.15) is 4.75 Å². The Balaban J connectivity index is 1.37. The third-order valence-electron chi connectivity index (χ3n) is 6.06. The van der Waals surface area contributed by atoms with Crippen LogP contribution in [0.4, 0.5) is 0 Å². The standard InChI is InChI=1S/C18H26N2O4S/c21-25(22)9-5-16(12-24-11-15-2-1-6-19-10-15)18(25)13-20(14-18)17-3-7-23-8-4-17/h1-2,6,10,16-17H,3-5,7-9,11-14H2/t16-/m1/s1. The highest BCUT2D eigenvalue weighted by Gasteiger charge is 2.62. The summed E-state index contributed by atoms with van der Waals surface area (Å²) in [5.41, 5.74) is 1.02. The first-order valence-electron chi connectivity index (χ1n) is 9.11. The first-order chi connectivity index (χ1) is 12.1. The number of aromatic nitrogens is 1. The lowest BCUT2D eigenvalue weighted by Gasteiger charge is -2.53. The van der Waals surface area contributed by atoms with Crippen molar-refractivity contribution < 1.29 is 17.9 Å². The second-order valence-corrected chi connectivity index (χ2v) is 9.94. The number of sulfone groups is 1. The van der Waals surface area contributed by atoms with E-state index in [2.05, 4.69) is 9.88 Å². The molecule has 138 valence electrons. The third kappa shape index (κ3) is 3.23. The Morgan fingerprint density at radius 1 is 1.28 bits per heavy atom. The van der Waals surface area contributed by atoms with Crippen molar-refractivity contribution in [2.24, 2.45) is 5.92 Å². The van der Waals surface area contributed by atoms with Gasteiger partial charge in [-0.25, -0.2) is 8.42 Å². The van der Waals surface area contributed by atoms with Crippen LogP contribution in [0, 0.1) is 5.92 Å². The topological polar surface area (TPSA) is 68.7 Å². The maximum Gasteiger partial charge on any atom is 0.158 e. The van der Waals surface area contributed by atoms with Crippen molar-refractivity contribution in [2.75, 3.05) is 38.7 Å². The molecule has 3 aliphatic rings. The van der Waals surface area contributed by atoms with Gasteiger partial charge in [0.25, 0.3) is 0 Å². The molecule has 0 unspecified atom stereocenters. The van der Waals surface area contributed by atoms with Gasteiger partial charge in [-0.3, -0.25) is 9.88 Å². The van der Waals surface area contributed by atoms with E-state index < -0.39 is 14.6 Å². The molecule has 7 heteroatoms. The van der Waals surface area contributed by atoms with Crippen LogP contribution in [0.25, 0.3) is 0 Å². The molecule has 4 rings (SSSR count). The summed E-state index contributed by atoms with van der Waals surface area (Å²) in [5.74, 6) is 0.403. The molecule has 3 saturated heterocycles. The van der Waals surface area contributed by atoms with Crippen molar-refractivity contribution in [3.05, 3.63) is 30.1 Å². The fourth-order valence-electron chi connectivity index (χ4n) is 4.46. The molecule has 1 aromatic rings. The van der Waals surface area contributed by atoms with Gasteiger partial charge in [-0.1, -0.05) is 6.07 Å². The van der Waals surface area contributed by atoms with Gasteiger partial charge in [0.05, 0.1) is 19.0 Å². The summed E-state index contributed by atoms with van der Waals surface area (Å²) < 4.78 is 36.1. The summed E-state index contributed by atoms with van der Waals surface area (Å²) in [6.07, 6.45) is 6.27. The lowest BCUT2D eigenvalue weighted by molar-refractivity contribution is -0.0318. The van der Waals surface area contributed by atoms with Crippen molar-refractivity contribution in [3.8, 4) is 0 Å². The van der Waals surface area contributed by atoms with E-state index in [0.29, 0.717) is 38.1 Å².